The summed E-state index contributed by atoms with van der Waals surface area (Å²) >= 11 is 0. The molecule has 0 radical (unpaired) electrons. The van der Waals surface area contributed by atoms with E-state index in [-0.39, 0.29) is 54.0 Å². The Morgan fingerprint density at radius 1 is 0.920 bits per heavy atom. The number of nitrogens with zero attached hydrogens (tertiary/aromatic N) is 2. The first-order valence-corrected chi connectivity index (χ1v) is 10.7. The Bertz CT molecular complexity index is 719. The van der Waals surface area contributed by atoms with Crippen LogP contribution in [0.25, 0.3) is 0 Å². The zero-order valence-electron chi connectivity index (χ0n) is 15.3. The van der Waals surface area contributed by atoms with Crippen LogP contribution < -0.4 is 29.6 Å². The van der Waals surface area contributed by atoms with Crippen LogP contribution in [0.2, 0.25) is 0 Å². The Morgan fingerprint density at radius 2 is 1.44 bits per heavy atom. The molecule has 1 rings (SSSR count). The monoisotopic (exact) mass is 400 g/mol. The van der Waals surface area contributed by atoms with Crippen molar-refractivity contribution >= 4 is 20.1 Å². The largest absolute Gasteiger partial charge is 1.00 e. The van der Waals surface area contributed by atoms with Gasteiger partial charge in [0, 0.05) is 18.8 Å². The summed E-state index contributed by atoms with van der Waals surface area (Å²) in [5.41, 5.74) is 0.950. The van der Waals surface area contributed by atoms with Crippen LogP contribution in [0.4, 0.5) is 0 Å². The Morgan fingerprint density at radius 3 is 1.92 bits per heavy atom. The molecule has 0 spiro atoms. The third-order valence-electron chi connectivity index (χ3n) is 3.47. The van der Waals surface area contributed by atoms with Gasteiger partial charge in [0.15, 0.2) is 0 Å². The summed E-state index contributed by atoms with van der Waals surface area (Å²) in [7, 11) is -4.28. The molecular weight excluding hydrogens is 375 g/mol. The molecule has 0 aliphatic carbocycles. The second kappa shape index (κ2) is 11.0. The van der Waals surface area contributed by atoms with Crippen molar-refractivity contribution in [3.63, 3.8) is 0 Å². The predicted molar refractivity (Wildman–Crippen MR) is 92.3 cm³/mol. The van der Waals surface area contributed by atoms with Gasteiger partial charge in [-0.25, -0.2) is 16.8 Å². The van der Waals surface area contributed by atoms with Crippen LogP contribution in [0.5, 0.6) is 0 Å². The van der Waals surface area contributed by atoms with Crippen LogP contribution in [0.3, 0.4) is 0 Å². The van der Waals surface area contributed by atoms with Gasteiger partial charge in [0.1, 0.15) is 0 Å². The number of hydrogen-bond acceptors (Lipinski definition) is 6. The van der Waals surface area contributed by atoms with Crippen LogP contribution in [0.1, 0.15) is 18.4 Å². The van der Waals surface area contributed by atoms with E-state index in [2.05, 4.69) is 0 Å². The van der Waals surface area contributed by atoms with Crippen LogP contribution >= 0.6 is 0 Å². The van der Waals surface area contributed by atoms with Crippen molar-refractivity contribution in [2.75, 3.05) is 39.5 Å². The maximum absolute atomic E-state index is 12.8. The molecule has 138 valence electrons. The van der Waals surface area contributed by atoms with Crippen molar-refractivity contribution in [1.29, 1.82) is 0 Å². The molecule has 0 unspecified atom stereocenters. The number of sulfonamides is 1. The van der Waals surface area contributed by atoms with E-state index in [1.807, 2.05) is 25.9 Å². The van der Waals surface area contributed by atoms with Crippen molar-refractivity contribution in [1.82, 2.24) is 9.21 Å². The van der Waals surface area contributed by atoms with Gasteiger partial charge in [-0.05, 0) is 52.5 Å². The van der Waals surface area contributed by atoms with Crippen molar-refractivity contribution in [3.8, 4) is 0 Å². The first kappa shape index (κ1) is 25.0. The van der Waals surface area contributed by atoms with Gasteiger partial charge >= 0.3 is 29.6 Å². The first-order valence-electron chi connectivity index (χ1n) is 7.67. The van der Waals surface area contributed by atoms with Gasteiger partial charge < -0.3 is 9.45 Å². The zero-order chi connectivity index (χ0) is 18.4. The molecule has 0 N–H and O–H groups in total. The van der Waals surface area contributed by atoms with Crippen LogP contribution in [0, 0.1) is 6.92 Å². The molecule has 10 heteroatoms. The van der Waals surface area contributed by atoms with Gasteiger partial charge in [-0.2, -0.15) is 4.31 Å². The van der Waals surface area contributed by atoms with Crippen molar-refractivity contribution in [2.45, 2.75) is 24.7 Å². The molecule has 0 saturated heterocycles. The normalized spacial score (nSPS) is 12.4. The smallest absolute Gasteiger partial charge is 0.748 e. The summed E-state index contributed by atoms with van der Waals surface area (Å²) in [6.45, 7) is 2.85. The van der Waals surface area contributed by atoms with Crippen LogP contribution in [-0.2, 0) is 20.1 Å². The molecule has 0 bridgehead atoms. The zero-order valence-corrected chi connectivity index (χ0v) is 18.9. The first-order chi connectivity index (χ1) is 11.0. The number of rotatable bonds is 10. The molecule has 25 heavy (non-hydrogen) atoms. The fourth-order valence-electron chi connectivity index (χ4n) is 2.19. The minimum atomic E-state index is -4.35. The van der Waals surface area contributed by atoms with Crippen LogP contribution in [0.15, 0.2) is 29.2 Å². The third kappa shape index (κ3) is 9.48. The van der Waals surface area contributed by atoms with Gasteiger partial charge in [0.25, 0.3) is 0 Å². The van der Waals surface area contributed by atoms with Crippen molar-refractivity contribution in [2.24, 2.45) is 0 Å². The van der Waals surface area contributed by atoms with E-state index in [0.717, 1.165) is 5.56 Å². The number of hydrogen-bond donors (Lipinski definition) is 0. The topological polar surface area (TPSA) is 97.8 Å². The minimum absolute atomic E-state index is 0. The molecule has 0 atom stereocenters. The minimum Gasteiger partial charge on any atom is -0.748 e. The van der Waals surface area contributed by atoms with Gasteiger partial charge in [-0.1, -0.05) is 17.7 Å². The molecule has 7 nitrogen and oxygen atoms in total. The van der Waals surface area contributed by atoms with E-state index in [0.29, 0.717) is 13.0 Å². The van der Waals surface area contributed by atoms with Gasteiger partial charge in [-0.3, -0.25) is 0 Å². The predicted octanol–water partition coefficient (Wildman–Crippen LogP) is -2.12. The van der Waals surface area contributed by atoms with E-state index >= 15 is 0 Å². The van der Waals surface area contributed by atoms with E-state index in [1.54, 1.807) is 12.1 Å². The van der Waals surface area contributed by atoms with Crippen molar-refractivity contribution < 1.29 is 50.9 Å². The number of benzene rings is 1. The van der Waals surface area contributed by atoms with Gasteiger partial charge in [-0.15, -0.1) is 0 Å². The fraction of sp³-hybridized carbons (Fsp3) is 0.600. The van der Waals surface area contributed by atoms with E-state index in [1.165, 1.54) is 16.4 Å². The summed E-state index contributed by atoms with van der Waals surface area (Å²) in [5, 5.41) is 0. The molecule has 1 aromatic rings. The summed E-state index contributed by atoms with van der Waals surface area (Å²) < 4.78 is 59.0. The molecule has 0 fully saturated rings. The molecule has 0 amide bonds. The summed E-state index contributed by atoms with van der Waals surface area (Å²) in [4.78, 5) is 2.11. The molecule has 1 aromatic carbocycles. The summed E-state index contributed by atoms with van der Waals surface area (Å²) in [6, 6.07) is 6.50. The molecule has 0 aromatic heterocycles. The Labute approximate surface area is 173 Å². The SMILES string of the molecule is Cc1ccc(S(=O)(=O)N(CCCN(C)C)CCCS(=O)(=O)[O-])cc1.[Na+]. The molecular formula is C15H25N2NaO5S2. The van der Waals surface area contributed by atoms with E-state index < -0.39 is 25.9 Å². The quantitative estimate of drug-likeness (QED) is 0.329. The third-order valence-corrected chi connectivity index (χ3v) is 6.17. The second-order valence-electron chi connectivity index (χ2n) is 5.99. The molecule has 0 aliphatic rings. The van der Waals surface area contributed by atoms with E-state index in [9.17, 15) is 21.4 Å². The second-order valence-corrected chi connectivity index (χ2v) is 9.45. The van der Waals surface area contributed by atoms with Crippen molar-refractivity contribution in [3.05, 3.63) is 29.8 Å². The van der Waals surface area contributed by atoms with Crippen LogP contribution in [-0.4, -0.2) is 70.1 Å². The maximum Gasteiger partial charge on any atom is 1.00 e. The van der Waals surface area contributed by atoms with Gasteiger partial charge in [0.05, 0.1) is 15.0 Å². The van der Waals surface area contributed by atoms with E-state index in [4.69, 9.17) is 0 Å². The fourth-order valence-corrected chi connectivity index (χ4v) is 4.19. The molecule has 0 aliphatic heterocycles. The maximum atomic E-state index is 12.8. The standard InChI is InChI=1S/C15H26N2O5S2.Na/c1-14-6-8-15(9-7-14)24(21,22)17(11-4-10-16(2)3)12-5-13-23(18,19)20;/h6-9H,4-5,10-13H2,1-3H3,(H,18,19,20);/q;+1/p-1. The Kier molecular flexibility index (Phi) is 11.0. The molecule has 0 saturated carbocycles. The average molecular weight is 400 g/mol. The molecule has 0 heterocycles. The van der Waals surface area contributed by atoms with Gasteiger partial charge in [0.2, 0.25) is 10.0 Å². The summed E-state index contributed by atoms with van der Waals surface area (Å²) in [5.74, 6) is -0.569. The average Bonchev–Trinajstić information content (AvgIpc) is 2.44. The Hall–Kier alpha value is -0.000000000000000222. The summed E-state index contributed by atoms with van der Waals surface area (Å²) in [6.07, 6.45) is 0.598. The Balaban J connectivity index is 0.00000576. The number of aryl methyl sites for hydroxylation is 1.